The molecule has 7 nitrogen and oxygen atoms in total. The molecule has 1 atom stereocenters. The average molecular weight is 438 g/mol. The molecule has 1 saturated heterocycles. The van der Waals surface area contributed by atoms with E-state index in [9.17, 15) is 0 Å². The van der Waals surface area contributed by atoms with Crippen molar-refractivity contribution in [3.05, 3.63) is 54.3 Å². The van der Waals surface area contributed by atoms with Gasteiger partial charge >= 0.3 is 0 Å². The van der Waals surface area contributed by atoms with Gasteiger partial charge in [0, 0.05) is 24.2 Å². The van der Waals surface area contributed by atoms with Crippen LogP contribution in [0.4, 0.5) is 11.8 Å². The quantitative estimate of drug-likeness (QED) is 0.542. The van der Waals surface area contributed by atoms with E-state index in [1.54, 1.807) is 7.11 Å². The predicted molar refractivity (Wildman–Crippen MR) is 126 cm³/mol. The fourth-order valence-corrected chi connectivity index (χ4v) is 3.87. The fraction of sp³-hybridized carbons (Fsp3) is 0.348. The number of ether oxygens (including phenoxy) is 1. The molecule has 2 aromatic heterocycles. The van der Waals surface area contributed by atoms with Crippen molar-refractivity contribution >= 4 is 29.1 Å². The summed E-state index contributed by atoms with van der Waals surface area (Å²) >= 11 is 5.44. The molecule has 0 aliphatic carbocycles. The molecule has 2 N–H and O–H groups in total. The molecule has 1 aromatic carbocycles. The maximum absolute atomic E-state index is 5.91. The van der Waals surface area contributed by atoms with Crippen LogP contribution in [0.15, 0.2) is 52.9 Å². The molecule has 3 heterocycles. The van der Waals surface area contributed by atoms with E-state index in [1.807, 2.05) is 48.5 Å². The largest absolute Gasteiger partial charge is 0.481 e. The maximum atomic E-state index is 5.91. The molecule has 0 spiro atoms. The summed E-state index contributed by atoms with van der Waals surface area (Å²) in [7, 11) is 1.60. The van der Waals surface area contributed by atoms with Gasteiger partial charge in [0.05, 0.1) is 13.7 Å². The number of anilines is 2. The zero-order valence-corrected chi connectivity index (χ0v) is 18.6. The zero-order valence-electron chi connectivity index (χ0n) is 17.8. The van der Waals surface area contributed by atoms with Crippen LogP contribution >= 0.6 is 12.2 Å². The standard InChI is InChI=1S/C23H27N5O2S/c1-16-8-6-7-13-28(16)20-14-21(29-2)26-22(25-20)27-23(31)24-15-18-11-12-19(30-18)17-9-4-3-5-10-17/h3-5,9-12,14,16H,6-8,13,15H2,1-2H3,(H2,24,25,26,27,31)/t16-/m1/s1. The minimum Gasteiger partial charge on any atom is -0.481 e. The summed E-state index contributed by atoms with van der Waals surface area (Å²) in [4.78, 5) is 11.4. The first kappa shape index (κ1) is 21.1. The number of thiocarbonyl (C=S) groups is 1. The van der Waals surface area contributed by atoms with Gasteiger partial charge in [-0.15, -0.1) is 0 Å². The Morgan fingerprint density at radius 1 is 1.19 bits per heavy atom. The third kappa shape index (κ3) is 5.32. The molecule has 1 aliphatic heterocycles. The molecule has 1 aliphatic rings. The first-order valence-electron chi connectivity index (χ1n) is 10.5. The van der Waals surface area contributed by atoms with Crippen molar-refractivity contribution in [1.29, 1.82) is 0 Å². The van der Waals surface area contributed by atoms with Gasteiger partial charge in [0.1, 0.15) is 17.3 Å². The highest BCUT2D eigenvalue weighted by atomic mass is 32.1. The van der Waals surface area contributed by atoms with Crippen LogP contribution in [0.1, 0.15) is 31.9 Å². The second kappa shape index (κ2) is 9.78. The van der Waals surface area contributed by atoms with Crippen LogP contribution in [0.2, 0.25) is 0 Å². The Labute approximate surface area is 187 Å². The summed E-state index contributed by atoms with van der Waals surface area (Å²) in [6, 6.07) is 16.2. The lowest BCUT2D eigenvalue weighted by atomic mass is 10.0. The van der Waals surface area contributed by atoms with Crippen molar-refractivity contribution in [2.45, 2.75) is 38.8 Å². The average Bonchev–Trinajstić information content (AvgIpc) is 3.27. The highest BCUT2D eigenvalue weighted by Gasteiger charge is 2.21. The first-order valence-corrected chi connectivity index (χ1v) is 10.9. The van der Waals surface area contributed by atoms with Gasteiger partial charge in [0.25, 0.3) is 0 Å². The molecule has 4 rings (SSSR count). The number of nitrogens with one attached hydrogen (secondary N) is 2. The molecule has 31 heavy (non-hydrogen) atoms. The Balaban J connectivity index is 1.39. The molecule has 1 fully saturated rings. The number of furan rings is 1. The smallest absolute Gasteiger partial charge is 0.234 e. The minimum atomic E-state index is 0.411. The van der Waals surface area contributed by atoms with Gasteiger partial charge in [-0.2, -0.15) is 9.97 Å². The van der Waals surface area contributed by atoms with Gasteiger partial charge in [0.15, 0.2) is 5.11 Å². The number of hydrogen-bond donors (Lipinski definition) is 2. The van der Waals surface area contributed by atoms with Crippen LogP contribution in [0, 0.1) is 0 Å². The van der Waals surface area contributed by atoms with Crippen molar-refractivity contribution in [1.82, 2.24) is 15.3 Å². The molecule has 0 bridgehead atoms. The van der Waals surface area contributed by atoms with Crippen LogP contribution in [0.3, 0.4) is 0 Å². The number of hydrogen-bond acceptors (Lipinski definition) is 6. The molecular formula is C23H27N5O2S. The third-order valence-corrected chi connectivity index (χ3v) is 5.61. The number of benzene rings is 1. The molecule has 162 valence electrons. The van der Waals surface area contributed by atoms with Crippen LogP contribution in [-0.2, 0) is 6.54 Å². The van der Waals surface area contributed by atoms with Crippen molar-refractivity contribution < 1.29 is 9.15 Å². The van der Waals surface area contributed by atoms with E-state index in [1.165, 1.54) is 6.42 Å². The Morgan fingerprint density at radius 2 is 2.03 bits per heavy atom. The van der Waals surface area contributed by atoms with E-state index in [4.69, 9.17) is 21.4 Å². The first-order chi connectivity index (χ1) is 15.1. The molecule has 0 amide bonds. The summed E-state index contributed by atoms with van der Waals surface area (Å²) in [5.41, 5.74) is 1.04. The van der Waals surface area contributed by atoms with Gasteiger partial charge in [-0.3, -0.25) is 0 Å². The van der Waals surface area contributed by atoms with E-state index >= 15 is 0 Å². The minimum absolute atomic E-state index is 0.411. The van der Waals surface area contributed by atoms with Gasteiger partial charge < -0.3 is 24.7 Å². The Hall–Kier alpha value is -3.13. The summed E-state index contributed by atoms with van der Waals surface area (Å²) in [6.45, 7) is 3.66. The number of nitrogens with zero attached hydrogens (tertiary/aromatic N) is 3. The maximum Gasteiger partial charge on any atom is 0.234 e. The lowest BCUT2D eigenvalue weighted by Gasteiger charge is -2.34. The third-order valence-electron chi connectivity index (χ3n) is 5.36. The van der Waals surface area contributed by atoms with Crippen molar-refractivity contribution in [2.75, 3.05) is 23.9 Å². The lowest BCUT2D eigenvalue weighted by molar-refractivity contribution is 0.396. The molecule has 0 saturated carbocycles. The number of piperidine rings is 1. The molecule has 8 heteroatoms. The summed E-state index contributed by atoms with van der Waals surface area (Å²) in [5, 5.41) is 6.64. The number of aromatic nitrogens is 2. The fourth-order valence-electron chi connectivity index (χ4n) is 3.70. The summed E-state index contributed by atoms with van der Waals surface area (Å²) in [5.74, 6) is 3.38. The van der Waals surface area contributed by atoms with Crippen molar-refractivity contribution in [3.8, 4) is 17.2 Å². The Kier molecular flexibility index (Phi) is 6.66. The van der Waals surface area contributed by atoms with Crippen molar-refractivity contribution in [3.63, 3.8) is 0 Å². The molecular weight excluding hydrogens is 410 g/mol. The topological polar surface area (TPSA) is 75.5 Å². The molecule has 0 unspecified atom stereocenters. The second-order valence-electron chi connectivity index (χ2n) is 7.57. The SMILES string of the molecule is COc1cc(N2CCCC[C@H]2C)nc(NC(=S)NCc2ccc(-c3ccccc3)o2)n1. The van der Waals surface area contributed by atoms with Gasteiger partial charge in [-0.05, 0) is 50.5 Å². The predicted octanol–water partition coefficient (Wildman–Crippen LogP) is 4.61. The van der Waals surface area contributed by atoms with Gasteiger partial charge in [0.2, 0.25) is 11.8 Å². The van der Waals surface area contributed by atoms with Gasteiger partial charge in [-0.1, -0.05) is 30.3 Å². The lowest BCUT2D eigenvalue weighted by Crippen LogP contribution is -2.38. The van der Waals surface area contributed by atoms with Crippen LogP contribution in [-0.4, -0.2) is 34.8 Å². The molecule has 0 radical (unpaired) electrons. The van der Waals surface area contributed by atoms with E-state index in [0.717, 1.165) is 42.3 Å². The highest BCUT2D eigenvalue weighted by molar-refractivity contribution is 7.80. The summed E-state index contributed by atoms with van der Waals surface area (Å²) < 4.78 is 11.3. The van der Waals surface area contributed by atoms with Crippen LogP contribution in [0.5, 0.6) is 5.88 Å². The number of methoxy groups -OCH3 is 1. The van der Waals surface area contributed by atoms with Gasteiger partial charge in [-0.25, -0.2) is 0 Å². The highest BCUT2D eigenvalue weighted by Crippen LogP contribution is 2.26. The Bertz CT molecular complexity index is 1020. The van der Waals surface area contributed by atoms with Crippen LogP contribution in [0.25, 0.3) is 11.3 Å². The van der Waals surface area contributed by atoms with E-state index in [2.05, 4.69) is 32.4 Å². The molecule has 3 aromatic rings. The normalized spacial score (nSPS) is 16.1. The zero-order chi connectivity index (χ0) is 21.6. The van der Waals surface area contributed by atoms with E-state index < -0.39 is 0 Å². The summed E-state index contributed by atoms with van der Waals surface area (Å²) in [6.07, 6.45) is 3.56. The van der Waals surface area contributed by atoms with E-state index in [0.29, 0.717) is 29.5 Å². The Morgan fingerprint density at radius 3 is 2.81 bits per heavy atom. The van der Waals surface area contributed by atoms with Crippen molar-refractivity contribution in [2.24, 2.45) is 0 Å². The van der Waals surface area contributed by atoms with Crippen LogP contribution < -0.4 is 20.3 Å². The number of rotatable bonds is 6. The van der Waals surface area contributed by atoms with E-state index in [-0.39, 0.29) is 0 Å². The second-order valence-corrected chi connectivity index (χ2v) is 7.98. The monoisotopic (exact) mass is 437 g/mol.